The summed E-state index contributed by atoms with van der Waals surface area (Å²) >= 11 is 0. The number of rotatable bonds is 7. The standard InChI is InChI=1S/C15H22N2O3/c1-11-13(9-18)16-12(2)15(11)14(19)10-20-8-7-17-5-3-4-6-17/h9,16H,3-8,10H2,1-2H3. The first-order valence-corrected chi connectivity index (χ1v) is 7.11. The Balaban J connectivity index is 1.82. The molecule has 1 saturated heterocycles. The van der Waals surface area contributed by atoms with Crippen LogP contribution in [-0.2, 0) is 4.74 Å². The Morgan fingerprint density at radius 3 is 2.65 bits per heavy atom. The Morgan fingerprint density at radius 2 is 2.05 bits per heavy atom. The zero-order chi connectivity index (χ0) is 14.5. The summed E-state index contributed by atoms with van der Waals surface area (Å²) in [5.74, 6) is -0.0641. The molecule has 0 radical (unpaired) electrons. The molecule has 5 heteroatoms. The first-order chi connectivity index (χ1) is 9.63. The van der Waals surface area contributed by atoms with Gasteiger partial charge in [0.25, 0.3) is 0 Å². The molecule has 2 heterocycles. The number of aldehydes is 1. The van der Waals surface area contributed by atoms with Gasteiger partial charge in [-0.3, -0.25) is 9.59 Å². The molecule has 1 aliphatic heterocycles. The van der Waals surface area contributed by atoms with Crippen molar-refractivity contribution >= 4 is 12.1 Å². The van der Waals surface area contributed by atoms with Gasteiger partial charge in [-0.1, -0.05) is 0 Å². The molecule has 0 unspecified atom stereocenters. The predicted octanol–water partition coefficient (Wildman–Crippen LogP) is 1.74. The van der Waals surface area contributed by atoms with Gasteiger partial charge >= 0.3 is 0 Å². The van der Waals surface area contributed by atoms with Crippen molar-refractivity contribution in [3.05, 3.63) is 22.5 Å². The van der Waals surface area contributed by atoms with E-state index in [1.165, 1.54) is 12.8 Å². The molecule has 0 bridgehead atoms. The number of carbonyl (C=O) groups is 2. The molecule has 2 rings (SSSR count). The van der Waals surface area contributed by atoms with Crippen molar-refractivity contribution in [1.82, 2.24) is 9.88 Å². The lowest BCUT2D eigenvalue weighted by molar-refractivity contribution is 0.0716. The summed E-state index contributed by atoms with van der Waals surface area (Å²) in [4.78, 5) is 28.3. The average molecular weight is 278 g/mol. The lowest BCUT2D eigenvalue weighted by atomic mass is 10.1. The van der Waals surface area contributed by atoms with Crippen LogP contribution in [0.3, 0.4) is 0 Å². The Labute approximate surface area is 119 Å². The third-order valence-corrected chi connectivity index (χ3v) is 3.86. The number of aromatic amines is 1. The predicted molar refractivity (Wildman–Crippen MR) is 76.5 cm³/mol. The third kappa shape index (κ3) is 3.35. The van der Waals surface area contributed by atoms with Crippen LogP contribution in [0.2, 0.25) is 0 Å². The fourth-order valence-electron chi connectivity index (χ4n) is 2.75. The van der Waals surface area contributed by atoms with Gasteiger partial charge < -0.3 is 14.6 Å². The topological polar surface area (TPSA) is 62.4 Å². The number of carbonyl (C=O) groups excluding carboxylic acids is 2. The smallest absolute Gasteiger partial charge is 0.190 e. The second kappa shape index (κ2) is 6.81. The lowest BCUT2D eigenvalue weighted by Crippen LogP contribution is -2.25. The Hall–Kier alpha value is -1.46. The van der Waals surface area contributed by atoms with Crippen LogP contribution in [0.25, 0.3) is 0 Å². The number of likely N-dealkylation sites (tertiary alicyclic amines) is 1. The van der Waals surface area contributed by atoms with Gasteiger partial charge in [0.1, 0.15) is 6.61 Å². The SMILES string of the molecule is Cc1[nH]c(C=O)c(C)c1C(=O)COCCN1CCCC1. The number of aryl methyl sites for hydroxylation is 1. The van der Waals surface area contributed by atoms with E-state index in [2.05, 4.69) is 9.88 Å². The van der Waals surface area contributed by atoms with Crippen molar-refractivity contribution in [2.45, 2.75) is 26.7 Å². The maximum Gasteiger partial charge on any atom is 0.190 e. The van der Waals surface area contributed by atoms with Gasteiger partial charge in [-0.05, 0) is 45.3 Å². The second-order valence-electron chi connectivity index (χ2n) is 5.31. The molecule has 110 valence electrons. The molecule has 0 spiro atoms. The van der Waals surface area contributed by atoms with Crippen LogP contribution in [0.5, 0.6) is 0 Å². The van der Waals surface area contributed by atoms with E-state index in [1.807, 2.05) is 0 Å². The molecule has 1 N–H and O–H groups in total. The summed E-state index contributed by atoms with van der Waals surface area (Å²) in [5.41, 5.74) is 2.51. The molecular formula is C15H22N2O3. The van der Waals surface area contributed by atoms with Crippen molar-refractivity contribution in [2.75, 3.05) is 32.8 Å². The van der Waals surface area contributed by atoms with Gasteiger partial charge in [-0.15, -0.1) is 0 Å². The van der Waals surface area contributed by atoms with Gasteiger partial charge in [0, 0.05) is 17.8 Å². The number of hydrogen-bond acceptors (Lipinski definition) is 4. The number of hydrogen-bond donors (Lipinski definition) is 1. The van der Waals surface area contributed by atoms with Crippen LogP contribution in [-0.4, -0.2) is 54.8 Å². The van der Waals surface area contributed by atoms with Crippen molar-refractivity contribution in [1.29, 1.82) is 0 Å². The van der Waals surface area contributed by atoms with Crippen LogP contribution in [0.1, 0.15) is 44.9 Å². The van der Waals surface area contributed by atoms with Gasteiger partial charge in [-0.2, -0.15) is 0 Å². The number of Topliss-reactive ketones (excluding diaryl/α,β-unsaturated/α-hetero) is 1. The monoisotopic (exact) mass is 278 g/mol. The summed E-state index contributed by atoms with van der Waals surface area (Å²) in [7, 11) is 0. The molecule has 20 heavy (non-hydrogen) atoms. The second-order valence-corrected chi connectivity index (χ2v) is 5.31. The highest BCUT2D eigenvalue weighted by atomic mass is 16.5. The van der Waals surface area contributed by atoms with Crippen LogP contribution < -0.4 is 0 Å². The molecule has 1 aromatic heterocycles. The number of nitrogens with one attached hydrogen (secondary N) is 1. The van der Waals surface area contributed by atoms with Crippen LogP contribution >= 0.6 is 0 Å². The highest BCUT2D eigenvalue weighted by Crippen LogP contribution is 2.17. The van der Waals surface area contributed by atoms with Gasteiger partial charge in [0.2, 0.25) is 0 Å². The molecule has 5 nitrogen and oxygen atoms in total. The molecule has 0 atom stereocenters. The van der Waals surface area contributed by atoms with Crippen LogP contribution in [0.15, 0.2) is 0 Å². The molecule has 1 aliphatic rings. The number of nitrogens with zero attached hydrogens (tertiary/aromatic N) is 1. The van der Waals surface area contributed by atoms with E-state index in [1.54, 1.807) is 13.8 Å². The molecule has 0 aromatic carbocycles. The first kappa shape index (κ1) is 14.9. The summed E-state index contributed by atoms with van der Waals surface area (Å²) in [6.07, 6.45) is 3.26. The van der Waals surface area contributed by atoms with E-state index in [0.717, 1.165) is 31.6 Å². The minimum Gasteiger partial charge on any atom is -0.372 e. The molecule has 1 aromatic rings. The number of aromatic nitrogens is 1. The van der Waals surface area contributed by atoms with E-state index >= 15 is 0 Å². The number of ether oxygens (including phenoxy) is 1. The maximum atomic E-state index is 12.1. The van der Waals surface area contributed by atoms with E-state index in [0.29, 0.717) is 23.4 Å². The normalized spacial score (nSPS) is 15.7. The van der Waals surface area contributed by atoms with Crippen molar-refractivity contribution in [3.63, 3.8) is 0 Å². The van der Waals surface area contributed by atoms with Gasteiger partial charge in [-0.25, -0.2) is 0 Å². The van der Waals surface area contributed by atoms with Crippen LogP contribution in [0.4, 0.5) is 0 Å². The Bertz CT molecular complexity index is 488. The van der Waals surface area contributed by atoms with Crippen molar-refractivity contribution in [2.24, 2.45) is 0 Å². The molecule has 0 amide bonds. The van der Waals surface area contributed by atoms with Crippen molar-refractivity contribution in [3.8, 4) is 0 Å². The summed E-state index contributed by atoms with van der Waals surface area (Å²) < 4.78 is 5.47. The molecule has 0 saturated carbocycles. The fourth-order valence-corrected chi connectivity index (χ4v) is 2.75. The first-order valence-electron chi connectivity index (χ1n) is 7.11. The fraction of sp³-hybridized carbons (Fsp3) is 0.600. The zero-order valence-corrected chi connectivity index (χ0v) is 12.2. The van der Waals surface area contributed by atoms with E-state index < -0.39 is 0 Å². The molecule has 1 fully saturated rings. The largest absolute Gasteiger partial charge is 0.372 e. The van der Waals surface area contributed by atoms with E-state index in [9.17, 15) is 9.59 Å². The maximum absolute atomic E-state index is 12.1. The minimum absolute atomic E-state index is 0.0641. The van der Waals surface area contributed by atoms with Gasteiger partial charge in [0.05, 0.1) is 12.3 Å². The average Bonchev–Trinajstić information content (AvgIpc) is 3.02. The highest BCUT2D eigenvalue weighted by molar-refractivity contribution is 6.01. The number of H-pyrrole nitrogens is 1. The van der Waals surface area contributed by atoms with E-state index in [4.69, 9.17) is 4.74 Å². The molecule has 0 aliphatic carbocycles. The zero-order valence-electron chi connectivity index (χ0n) is 12.2. The van der Waals surface area contributed by atoms with E-state index in [-0.39, 0.29) is 12.4 Å². The van der Waals surface area contributed by atoms with Crippen LogP contribution in [0, 0.1) is 13.8 Å². The Kier molecular flexibility index (Phi) is 5.09. The van der Waals surface area contributed by atoms with Crippen molar-refractivity contribution < 1.29 is 14.3 Å². The molecular weight excluding hydrogens is 256 g/mol. The number of ketones is 1. The summed E-state index contributed by atoms with van der Waals surface area (Å²) in [5, 5.41) is 0. The quantitative estimate of drug-likeness (QED) is 0.469. The Morgan fingerprint density at radius 1 is 1.35 bits per heavy atom. The summed E-state index contributed by atoms with van der Waals surface area (Å²) in [6.45, 7) is 7.40. The highest BCUT2D eigenvalue weighted by Gasteiger charge is 2.18. The summed E-state index contributed by atoms with van der Waals surface area (Å²) in [6, 6.07) is 0. The van der Waals surface area contributed by atoms with Gasteiger partial charge in [0.15, 0.2) is 12.1 Å². The lowest BCUT2D eigenvalue weighted by Gasteiger charge is -2.14. The minimum atomic E-state index is -0.0641. The third-order valence-electron chi connectivity index (χ3n) is 3.86.